The number of fused-ring (bicyclic) bond motifs is 1. The van der Waals surface area contributed by atoms with Crippen molar-refractivity contribution in [1.29, 1.82) is 0 Å². The maximum Gasteiger partial charge on any atom is 0.265 e. The second-order valence-corrected chi connectivity index (χ2v) is 6.12. The third-order valence-corrected chi connectivity index (χ3v) is 4.31. The second kappa shape index (κ2) is 8.55. The number of ether oxygens (including phenoxy) is 1. The number of rotatable bonds is 5. The topological polar surface area (TPSA) is 66.0 Å². The largest absolute Gasteiger partial charge is 0.482 e. The molecule has 0 radical (unpaired) electrons. The van der Waals surface area contributed by atoms with Gasteiger partial charge in [0.15, 0.2) is 12.6 Å². The van der Waals surface area contributed by atoms with E-state index in [0.717, 1.165) is 36.3 Å². The van der Waals surface area contributed by atoms with Crippen LogP contribution in [0.15, 0.2) is 29.3 Å². The van der Waals surface area contributed by atoms with Gasteiger partial charge >= 0.3 is 0 Å². The Balaban J connectivity index is 0.00000208. The Hall–Kier alpha value is -1.51. The summed E-state index contributed by atoms with van der Waals surface area (Å²) >= 11 is 0. The van der Waals surface area contributed by atoms with E-state index in [4.69, 9.17) is 4.74 Å². The molecule has 1 aliphatic heterocycles. The van der Waals surface area contributed by atoms with Crippen LogP contribution in [0.4, 0.5) is 5.69 Å². The predicted molar refractivity (Wildman–Crippen MR) is 106 cm³/mol. The first-order valence-electron chi connectivity index (χ1n) is 8.18. The Morgan fingerprint density at radius 1 is 1.42 bits per heavy atom. The first kappa shape index (κ1) is 18.8. The molecule has 1 saturated carbocycles. The van der Waals surface area contributed by atoms with Crippen LogP contribution in [-0.4, -0.2) is 44.7 Å². The standard InChI is InChI=1S/C17H24N4O2.HI/c1-12-10-13(12)20-17(18-2)19-8-5-9-21-14-6-3-4-7-15(14)23-11-16(21)22;/h3-4,6-7,12-13H,5,8-11H2,1-2H3,(H2,18,19,20);1H. The molecule has 2 aliphatic rings. The zero-order chi connectivity index (χ0) is 16.2. The lowest BCUT2D eigenvalue weighted by molar-refractivity contribution is -0.121. The summed E-state index contributed by atoms with van der Waals surface area (Å²) in [4.78, 5) is 18.1. The van der Waals surface area contributed by atoms with Gasteiger partial charge in [-0.05, 0) is 30.9 Å². The van der Waals surface area contributed by atoms with Crippen LogP contribution in [0.2, 0.25) is 0 Å². The fourth-order valence-electron chi connectivity index (χ4n) is 2.74. The average molecular weight is 444 g/mol. The SMILES string of the molecule is CN=C(NCCCN1C(=O)COc2ccccc21)NC1CC1C.I. The molecule has 1 heterocycles. The van der Waals surface area contributed by atoms with Crippen molar-refractivity contribution >= 4 is 41.5 Å². The number of amides is 1. The Kier molecular flexibility index (Phi) is 6.70. The Bertz CT molecular complexity index is 608. The highest BCUT2D eigenvalue weighted by molar-refractivity contribution is 14.0. The number of aliphatic imine (C=N–C) groups is 1. The lowest BCUT2D eigenvalue weighted by Crippen LogP contribution is -2.42. The van der Waals surface area contributed by atoms with Gasteiger partial charge in [-0.1, -0.05) is 19.1 Å². The molecule has 2 N–H and O–H groups in total. The molecule has 24 heavy (non-hydrogen) atoms. The summed E-state index contributed by atoms with van der Waals surface area (Å²) in [5, 5.41) is 6.70. The van der Waals surface area contributed by atoms with E-state index in [1.165, 1.54) is 6.42 Å². The second-order valence-electron chi connectivity index (χ2n) is 6.12. The molecule has 0 spiro atoms. The third-order valence-electron chi connectivity index (χ3n) is 4.31. The Morgan fingerprint density at radius 3 is 2.88 bits per heavy atom. The highest BCUT2D eigenvalue weighted by atomic mass is 127. The van der Waals surface area contributed by atoms with Gasteiger partial charge in [0.25, 0.3) is 5.91 Å². The van der Waals surface area contributed by atoms with Crippen LogP contribution in [-0.2, 0) is 4.79 Å². The van der Waals surface area contributed by atoms with Gasteiger partial charge < -0.3 is 20.3 Å². The number of para-hydroxylation sites is 2. The van der Waals surface area contributed by atoms with Crippen molar-refractivity contribution in [3.63, 3.8) is 0 Å². The summed E-state index contributed by atoms with van der Waals surface area (Å²) in [6.07, 6.45) is 2.06. The quantitative estimate of drug-likeness (QED) is 0.316. The summed E-state index contributed by atoms with van der Waals surface area (Å²) in [7, 11) is 1.78. The minimum absolute atomic E-state index is 0. The summed E-state index contributed by atoms with van der Waals surface area (Å²) in [6, 6.07) is 8.22. The molecule has 7 heteroatoms. The molecule has 1 aliphatic carbocycles. The highest BCUT2D eigenvalue weighted by Gasteiger charge is 2.33. The van der Waals surface area contributed by atoms with Crippen LogP contribution >= 0.6 is 24.0 Å². The molecular formula is C17H25IN4O2. The minimum atomic E-state index is 0. The van der Waals surface area contributed by atoms with Gasteiger partial charge in [-0.2, -0.15) is 0 Å². The monoisotopic (exact) mass is 444 g/mol. The van der Waals surface area contributed by atoms with E-state index in [-0.39, 0.29) is 36.5 Å². The van der Waals surface area contributed by atoms with Gasteiger partial charge in [-0.3, -0.25) is 9.79 Å². The van der Waals surface area contributed by atoms with Gasteiger partial charge in [0, 0.05) is 26.2 Å². The van der Waals surface area contributed by atoms with Crippen molar-refractivity contribution < 1.29 is 9.53 Å². The highest BCUT2D eigenvalue weighted by Crippen LogP contribution is 2.31. The number of nitrogens with one attached hydrogen (secondary N) is 2. The van der Waals surface area contributed by atoms with Crippen LogP contribution in [0.5, 0.6) is 5.75 Å². The molecule has 0 bridgehead atoms. The number of carbonyl (C=O) groups is 1. The fraction of sp³-hybridized carbons (Fsp3) is 0.529. The van der Waals surface area contributed by atoms with Crippen molar-refractivity contribution in [3.05, 3.63) is 24.3 Å². The number of halogens is 1. The van der Waals surface area contributed by atoms with Crippen LogP contribution in [0, 0.1) is 5.92 Å². The zero-order valence-corrected chi connectivity index (χ0v) is 16.4. The van der Waals surface area contributed by atoms with E-state index in [1.807, 2.05) is 24.3 Å². The summed E-state index contributed by atoms with van der Waals surface area (Å²) < 4.78 is 5.45. The number of anilines is 1. The number of nitrogens with zero attached hydrogens (tertiary/aromatic N) is 2. The van der Waals surface area contributed by atoms with E-state index < -0.39 is 0 Å². The molecule has 0 saturated heterocycles. The van der Waals surface area contributed by atoms with Crippen molar-refractivity contribution in [1.82, 2.24) is 10.6 Å². The maximum absolute atomic E-state index is 12.1. The van der Waals surface area contributed by atoms with E-state index in [0.29, 0.717) is 12.6 Å². The number of hydrogen-bond donors (Lipinski definition) is 2. The van der Waals surface area contributed by atoms with E-state index in [9.17, 15) is 4.79 Å². The van der Waals surface area contributed by atoms with E-state index in [2.05, 4.69) is 22.5 Å². The fourth-order valence-corrected chi connectivity index (χ4v) is 2.74. The average Bonchev–Trinajstić information content (AvgIpc) is 3.26. The van der Waals surface area contributed by atoms with Gasteiger partial charge in [0.05, 0.1) is 5.69 Å². The van der Waals surface area contributed by atoms with Crippen LogP contribution in [0.3, 0.4) is 0 Å². The molecule has 1 aromatic rings. The molecule has 2 unspecified atom stereocenters. The van der Waals surface area contributed by atoms with E-state index in [1.54, 1.807) is 11.9 Å². The molecule has 1 fully saturated rings. The van der Waals surface area contributed by atoms with Crippen LogP contribution in [0.25, 0.3) is 0 Å². The number of hydrogen-bond acceptors (Lipinski definition) is 3. The molecule has 1 amide bonds. The lowest BCUT2D eigenvalue weighted by atomic mass is 10.2. The first-order valence-corrected chi connectivity index (χ1v) is 8.18. The summed E-state index contributed by atoms with van der Waals surface area (Å²) in [6.45, 7) is 3.79. The maximum atomic E-state index is 12.1. The molecule has 1 aromatic carbocycles. The molecule has 2 atom stereocenters. The van der Waals surface area contributed by atoms with Crippen molar-refractivity contribution in [3.8, 4) is 5.75 Å². The molecule has 3 rings (SSSR count). The molecule has 6 nitrogen and oxygen atoms in total. The number of carbonyl (C=O) groups excluding carboxylic acids is 1. The molecule has 132 valence electrons. The number of guanidine groups is 1. The lowest BCUT2D eigenvalue weighted by Gasteiger charge is -2.29. The van der Waals surface area contributed by atoms with Crippen molar-refractivity contribution in [2.75, 3.05) is 31.6 Å². The first-order chi connectivity index (χ1) is 11.2. The van der Waals surface area contributed by atoms with Gasteiger partial charge in [-0.15, -0.1) is 24.0 Å². The summed E-state index contributed by atoms with van der Waals surface area (Å²) in [5.41, 5.74) is 0.859. The third kappa shape index (κ3) is 4.52. The minimum Gasteiger partial charge on any atom is -0.482 e. The Labute approximate surface area is 160 Å². The van der Waals surface area contributed by atoms with Crippen molar-refractivity contribution in [2.45, 2.75) is 25.8 Å². The van der Waals surface area contributed by atoms with Gasteiger partial charge in [-0.25, -0.2) is 0 Å². The van der Waals surface area contributed by atoms with Gasteiger partial charge in [0.2, 0.25) is 0 Å². The normalized spacial score (nSPS) is 22.2. The van der Waals surface area contributed by atoms with Crippen LogP contribution < -0.4 is 20.3 Å². The van der Waals surface area contributed by atoms with E-state index >= 15 is 0 Å². The predicted octanol–water partition coefficient (Wildman–Crippen LogP) is 1.99. The number of benzene rings is 1. The van der Waals surface area contributed by atoms with Gasteiger partial charge in [0.1, 0.15) is 5.75 Å². The Morgan fingerprint density at radius 2 is 2.17 bits per heavy atom. The molecular weight excluding hydrogens is 419 g/mol. The zero-order valence-electron chi connectivity index (χ0n) is 14.1. The molecule has 0 aromatic heterocycles. The summed E-state index contributed by atoms with van der Waals surface area (Å²) in [5.74, 6) is 2.36. The van der Waals surface area contributed by atoms with Crippen molar-refractivity contribution in [2.24, 2.45) is 10.9 Å². The van der Waals surface area contributed by atoms with Crippen LogP contribution in [0.1, 0.15) is 19.8 Å². The smallest absolute Gasteiger partial charge is 0.265 e.